The Morgan fingerprint density at radius 2 is 2.57 bits per heavy atom. The van der Waals surface area contributed by atoms with Crippen LogP contribution in [0.15, 0.2) is 12.7 Å². The summed E-state index contributed by atoms with van der Waals surface area (Å²) in [6, 6.07) is 0. The molecular weight excluding hydrogens is 88.1 g/mol. The molecule has 2 atom stereocenters. The zero-order valence-electron chi connectivity index (χ0n) is 4.55. The summed E-state index contributed by atoms with van der Waals surface area (Å²) in [5, 5.41) is 0. The second kappa shape index (κ2) is 1.66. The average molecular weight is 98.1 g/mol. The largest absolute Gasteiger partial charge is 0.381 e. The van der Waals surface area contributed by atoms with Crippen LogP contribution in [-0.2, 0) is 4.74 Å². The molecule has 40 valence electrons. The third-order valence-corrected chi connectivity index (χ3v) is 1.38. The zero-order chi connectivity index (χ0) is 5.28. The molecule has 1 fully saturated rings. The predicted molar refractivity (Wildman–Crippen MR) is 29.1 cm³/mol. The van der Waals surface area contributed by atoms with Gasteiger partial charge in [0, 0.05) is 13.0 Å². The van der Waals surface area contributed by atoms with Gasteiger partial charge < -0.3 is 4.74 Å². The lowest BCUT2D eigenvalue weighted by atomic mass is 10.4. The fourth-order valence-electron chi connectivity index (χ4n) is 0.709. The summed E-state index contributed by atoms with van der Waals surface area (Å²) >= 11 is 0. The van der Waals surface area contributed by atoms with E-state index in [1.54, 1.807) is 7.11 Å². The fraction of sp³-hybridized carbons (Fsp3) is 0.667. The summed E-state index contributed by atoms with van der Waals surface area (Å²) in [5.74, 6) is 0.657. The smallest absolute Gasteiger partial charge is 0.0641 e. The quantitative estimate of drug-likeness (QED) is 0.472. The minimum Gasteiger partial charge on any atom is -0.381 e. The van der Waals surface area contributed by atoms with E-state index in [9.17, 15) is 0 Å². The van der Waals surface area contributed by atoms with Crippen LogP contribution in [0.1, 0.15) is 6.42 Å². The molecule has 1 nitrogen and oxygen atoms in total. The van der Waals surface area contributed by atoms with E-state index in [1.165, 1.54) is 6.42 Å². The molecule has 0 saturated heterocycles. The Morgan fingerprint density at radius 1 is 1.86 bits per heavy atom. The van der Waals surface area contributed by atoms with Gasteiger partial charge >= 0.3 is 0 Å². The van der Waals surface area contributed by atoms with Gasteiger partial charge in [0.25, 0.3) is 0 Å². The lowest BCUT2D eigenvalue weighted by Gasteiger charge is -1.86. The van der Waals surface area contributed by atoms with Crippen molar-refractivity contribution in [3.63, 3.8) is 0 Å². The minimum absolute atomic E-state index is 0.498. The molecule has 0 spiro atoms. The number of methoxy groups -OCH3 is 1. The first-order valence-electron chi connectivity index (χ1n) is 2.54. The third-order valence-electron chi connectivity index (χ3n) is 1.38. The molecular formula is C6H10O. The fourth-order valence-corrected chi connectivity index (χ4v) is 0.709. The van der Waals surface area contributed by atoms with E-state index in [2.05, 4.69) is 6.58 Å². The van der Waals surface area contributed by atoms with Crippen molar-refractivity contribution in [2.75, 3.05) is 7.11 Å². The van der Waals surface area contributed by atoms with Crippen LogP contribution in [0, 0.1) is 5.92 Å². The normalized spacial score (nSPS) is 37.9. The highest BCUT2D eigenvalue weighted by atomic mass is 16.5. The Kier molecular flexibility index (Phi) is 1.15. The number of rotatable bonds is 2. The van der Waals surface area contributed by atoms with Gasteiger partial charge in [-0.1, -0.05) is 6.08 Å². The first-order valence-corrected chi connectivity index (χ1v) is 2.54. The van der Waals surface area contributed by atoms with Crippen molar-refractivity contribution in [1.29, 1.82) is 0 Å². The molecule has 1 aliphatic rings. The van der Waals surface area contributed by atoms with Crippen molar-refractivity contribution >= 4 is 0 Å². The van der Waals surface area contributed by atoms with Gasteiger partial charge in [0.1, 0.15) is 0 Å². The van der Waals surface area contributed by atoms with E-state index in [4.69, 9.17) is 4.74 Å². The van der Waals surface area contributed by atoms with Crippen LogP contribution in [0.25, 0.3) is 0 Å². The molecule has 0 radical (unpaired) electrons. The monoisotopic (exact) mass is 98.1 g/mol. The highest BCUT2D eigenvalue weighted by Gasteiger charge is 2.33. The number of hydrogen-bond acceptors (Lipinski definition) is 1. The topological polar surface area (TPSA) is 9.23 Å². The highest BCUT2D eigenvalue weighted by Crippen LogP contribution is 2.33. The molecule has 0 bridgehead atoms. The molecule has 7 heavy (non-hydrogen) atoms. The molecule has 0 aromatic heterocycles. The van der Waals surface area contributed by atoms with Crippen molar-refractivity contribution in [2.45, 2.75) is 12.5 Å². The lowest BCUT2D eigenvalue weighted by molar-refractivity contribution is 0.175. The van der Waals surface area contributed by atoms with Crippen LogP contribution >= 0.6 is 0 Å². The first-order chi connectivity index (χ1) is 3.38. The minimum atomic E-state index is 0.498. The Hall–Kier alpha value is -0.300. The Bertz CT molecular complexity index is 78.2. The van der Waals surface area contributed by atoms with Gasteiger partial charge in [-0.3, -0.25) is 0 Å². The van der Waals surface area contributed by atoms with Gasteiger partial charge in [-0.15, -0.1) is 6.58 Å². The molecule has 0 amide bonds. The Balaban J connectivity index is 2.17. The van der Waals surface area contributed by atoms with Crippen molar-refractivity contribution in [1.82, 2.24) is 0 Å². The summed E-state index contributed by atoms with van der Waals surface area (Å²) in [7, 11) is 1.74. The molecule has 0 N–H and O–H groups in total. The van der Waals surface area contributed by atoms with Gasteiger partial charge in [0.05, 0.1) is 6.10 Å². The van der Waals surface area contributed by atoms with Gasteiger partial charge in [0.15, 0.2) is 0 Å². The van der Waals surface area contributed by atoms with Gasteiger partial charge in [-0.25, -0.2) is 0 Å². The zero-order valence-corrected chi connectivity index (χ0v) is 4.55. The molecule has 0 aromatic carbocycles. The predicted octanol–water partition coefficient (Wildman–Crippen LogP) is 1.21. The number of ether oxygens (including phenoxy) is 1. The highest BCUT2D eigenvalue weighted by molar-refractivity contribution is 4.99. The average Bonchev–Trinajstić information content (AvgIpc) is 2.43. The summed E-state index contributed by atoms with van der Waals surface area (Å²) in [6.45, 7) is 3.64. The van der Waals surface area contributed by atoms with E-state index in [1.807, 2.05) is 6.08 Å². The van der Waals surface area contributed by atoms with Gasteiger partial charge in [-0.2, -0.15) is 0 Å². The molecule has 0 aromatic rings. The molecule has 1 heteroatoms. The van der Waals surface area contributed by atoms with Crippen molar-refractivity contribution in [2.24, 2.45) is 5.92 Å². The van der Waals surface area contributed by atoms with Gasteiger partial charge in [-0.05, 0) is 6.42 Å². The molecule has 1 aliphatic carbocycles. The SMILES string of the molecule is C=C[C@H]1C[C@@H]1OC. The third kappa shape index (κ3) is 0.829. The second-order valence-corrected chi connectivity index (χ2v) is 1.91. The van der Waals surface area contributed by atoms with Crippen LogP contribution in [0.5, 0.6) is 0 Å². The molecule has 0 unspecified atom stereocenters. The maximum atomic E-state index is 4.99. The molecule has 0 aliphatic heterocycles. The van der Waals surface area contributed by atoms with Crippen LogP contribution in [0.4, 0.5) is 0 Å². The van der Waals surface area contributed by atoms with E-state index in [-0.39, 0.29) is 0 Å². The van der Waals surface area contributed by atoms with Crippen molar-refractivity contribution < 1.29 is 4.74 Å². The summed E-state index contributed by atoms with van der Waals surface area (Å²) in [6.07, 6.45) is 3.63. The van der Waals surface area contributed by atoms with E-state index in [0.29, 0.717) is 12.0 Å². The van der Waals surface area contributed by atoms with Crippen LogP contribution in [0.2, 0.25) is 0 Å². The van der Waals surface area contributed by atoms with E-state index in [0.717, 1.165) is 0 Å². The first kappa shape index (κ1) is 4.85. The van der Waals surface area contributed by atoms with E-state index < -0.39 is 0 Å². The van der Waals surface area contributed by atoms with Gasteiger partial charge in [0.2, 0.25) is 0 Å². The lowest BCUT2D eigenvalue weighted by Crippen LogP contribution is -1.86. The van der Waals surface area contributed by atoms with Crippen LogP contribution in [-0.4, -0.2) is 13.2 Å². The summed E-state index contributed by atoms with van der Waals surface area (Å²) < 4.78 is 4.99. The Morgan fingerprint density at radius 3 is 2.71 bits per heavy atom. The maximum absolute atomic E-state index is 4.99. The standard InChI is InChI=1S/C6H10O/c1-3-5-4-6(5)7-2/h3,5-6H,1,4H2,2H3/t5-,6-/m0/s1. The molecule has 1 rings (SSSR count). The van der Waals surface area contributed by atoms with Crippen LogP contribution in [0.3, 0.4) is 0 Å². The van der Waals surface area contributed by atoms with Crippen molar-refractivity contribution in [3.8, 4) is 0 Å². The van der Waals surface area contributed by atoms with E-state index >= 15 is 0 Å². The molecule has 0 heterocycles. The molecule has 1 saturated carbocycles. The van der Waals surface area contributed by atoms with Crippen molar-refractivity contribution in [3.05, 3.63) is 12.7 Å². The summed E-state index contributed by atoms with van der Waals surface area (Å²) in [4.78, 5) is 0. The second-order valence-electron chi connectivity index (χ2n) is 1.91. The number of hydrogen-bond donors (Lipinski definition) is 0. The maximum Gasteiger partial charge on any atom is 0.0641 e. The Labute approximate surface area is 44.0 Å². The van der Waals surface area contributed by atoms with Crippen LogP contribution < -0.4 is 0 Å². The summed E-state index contributed by atoms with van der Waals surface area (Å²) in [5.41, 5.74) is 0.